The highest BCUT2D eigenvalue weighted by molar-refractivity contribution is 5.78. The van der Waals surface area contributed by atoms with Gasteiger partial charge in [-0.2, -0.15) is 0 Å². The second kappa shape index (κ2) is 6.36. The van der Waals surface area contributed by atoms with E-state index in [0.29, 0.717) is 5.92 Å². The van der Waals surface area contributed by atoms with Crippen molar-refractivity contribution in [2.45, 2.75) is 44.6 Å². The van der Waals surface area contributed by atoms with E-state index in [9.17, 15) is 9.90 Å². The van der Waals surface area contributed by atoms with E-state index in [1.165, 1.54) is 0 Å². The molecule has 0 aromatic heterocycles. The fraction of sp³-hybridized carbons (Fsp3) is 0.923. The number of carboxylic acids is 1. The van der Waals surface area contributed by atoms with Crippen LogP contribution in [0.3, 0.4) is 0 Å². The molecule has 1 rings (SSSR count). The van der Waals surface area contributed by atoms with Gasteiger partial charge in [-0.3, -0.25) is 4.79 Å². The summed E-state index contributed by atoms with van der Waals surface area (Å²) in [4.78, 5) is 13.6. The third kappa shape index (κ3) is 4.28. The van der Waals surface area contributed by atoms with Crippen LogP contribution in [0.25, 0.3) is 0 Å². The Bertz CT molecular complexity index is 256. The maximum Gasteiger partial charge on any atom is 0.323 e. The summed E-state index contributed by atoms with van der Waals surface area (Å²) in [6.07, 6.45) is 4.71. The van der Waals surface area contributed by atoms with Crippen LogP contribution in [0, 0.1) is 5.92 Å². The van der Waals surface area contributed by atoms with Crippen molar-refractivity contribution in [3.63, 3.8) is 0 Å². The van der Waals surface area contributed by atoms with Crippen LogP contribution in [-0.2, 0) is 4.79 Å². The molecule has 2 unspecified atom stereocenters. The fourth-order valence-electron chi connectivity index (χ4n) is 2.50. The normalized spacial score (nSPS) is 30.2. The zero-order valence-electron chi connectivity index (χ0n) is 11.3. The summed E-state index contributed by atoms with van der Waals surface area (Å²) in [7, 11) is 4.01. The molecular weight excluding hydrogens is 216 g/mol. The zero-order chi connectivity index (χ0) is 12.9. The monoisotopic (exact) mass is 242 g/mol. The van der Waals surface area contributed by atoms with Crippen LogP contribution in [0.5, 0.6) is 0 Å². The number of likely N-dealkylation sites (N-methyl/N-ethyl adjacent to an activating group) is 1. The van der Waals surface area contributed by atoms with Gasteiger partial charge in [-0.25, -0.2) is 0 Å². The number of aliphatic carboxylic acids is 1. The number of hydrogen-bond donors (Lipinski definition) is 2. The third-order valence-corrected chi connectivity index (χ3v) is 3.80. The number of hydrogen-bond acceptors (Lipinski definition) is 3. The SMILES string of the molecule is CC1CCCC(NCCN(C)C)(C(=O)O)CC1. The lowest BCUT2D eigenvalue weighted by Gasteiger charge is -2.30. The zero-order valence-corrected chi connectivity index (χ0v) is 11.3. The molecule has 2 atom stereocenters. The first kappa shape index (κ1) is 14.5. The van der Waals surface area contributed by atoms with Crippen LogP contribution in [-0.4, -0.2) is 48.7 Å². The first-order valence-electron chi connectivity index (χ1n) is 6.59. The Morgan fingerprint density at radius 2 is 2.12 bits per heavy atom. The standard InChI is InChI=1S/C13H26N2O2/c1-11-5-4-7-13(8-6-11,12(16)17)14-9-10-15(2)3/h11,14H,4-10H2,1-3H3,(H,16,17). The van der Waals surface area contributed by atoms with E-state index in [0.717, 1.165) is 45.2 Å². The molecular formula is C13H26N2O2. The van der Waals surface area contributed by atoms with Gasteiger partial charge in [-0.05, 0) is 39.3 Å². The Balaban J connectivity index is 2.58. The number of rotatable bonds is 5. The second-order valence-corrected chi connectivity index (χ2v) is 5.65. The Hall–Kier alpha value is -0.610. The molecule has 100 valence electrons. The van der Waals surface area contributed by atoms with Gasteiger partial charge in [0.2, 0.25) is 0 Å². The van der Waals surface area contributed by atoms with Crippen LogP contribution in [0.4, 0.5) is 0 Å². The Morgan fingerprint density at radius 1 is 1.41 bits per heavy atom. The van der Waals surface area contributed by atoms with Gasteiger partial charge >= 0.3 is 5.97 Å². The minimum absolute atomic E-state index is 0.659. The van der Waals surface area contributed by atoms with Gasteiger partial charge in [0.25, 0.3) is 0 Å². The van der Waals surface area contributed by atoms with Gasteiger partial charge in [0, 0.05) is 13.1 Å². The molecule has 0 aromatic rings. The summed E-state index contributed by atoms with van der Waals surface area (Å²) in [6, 6.07) is 0. The third-order valence-electron chi connectivity index (χ3n) is 3.80. The van der Waals surface area contributed by atoms with E-state index in [-0.39, 0.29) is 0 Å². The van der Waals surface area contributed by atoms with Gasteiger partial charge < -0.3 is 15.3 Å². The highest BCUT2D eigenvalue weighted by Crippen LogP contribution is 2.30. The predicted molar refractivity (Wildman–Crippen MR) is 69.2 cm³/mol. The Labute approximate surface area is 104 Å². The molecule has 1 fully saturated rings. The lowest BCUT2D eigenvalue weighted by atomic mass is 9.89. The van der Waals surface area contributed by atoms with Crippen LogP contribution in [0.1, 0.15) is 39.0 Å². The molecule has 0 aliphatic heterocycles. The molecule has 0 aromatic carbocycles. The van der Waals surface area contributed by atoms with E-state index < -0.39 is 11.5 Å². The molecule has 0 bridgehead atoms. The average molecular weight is 242 g/mol. The number of nitrogens with one attached hydrogen (secondary N) is 1. The van der Waals surface area contributed by atoms with E-state index in [1.54, 1.807) is 0 Å². The predicted octanol–water partition coefficient (Wildman–Crippen LogP) is 1.56. The fourth-order valence-corrected chi connectivity index (χ4v) is 2.50. The van der Waals surface area contributed by atoms with Crippen LogP contribution >= 0.6 is 0 Å². The van der Waals surface area contributed by atoms with Crippen LogP contribution in [0.2, 0.25) is 0 Å². The summed E-state index contributed by atoms with van der Waals surface area (Å²) in [5.74, 6) is -0.0165. The first-order chi connectivity index (χ1) is 7.96. The molecule has 1 aliphatic rings. The van der Waals surface area contributed by atoms with Crippen molar-refractivity contribution >= 4 is 5.97 Å². The molecule has 4 heteroatoms. The Morgan fingerprint density at radius 3 is 2.71 bits per heavy atom. The molecule has 0 saturated heterocycles. The van der Waals surface area contributed by atoms with Crippen LogP contribution in [0.15, 0.2) is 0 Å². The van der Waals surface area contributed by atoms with Gasteiger partial charge in [0.1, 0.15) is 5.54 Å². The van der Waals surface area contributed by atoms with Crippen molar-refractivity contribution in [1.82, 2.24) is 10.2 Å². The van der Waals surface area contributed by atoms with E-state index in [4.69, 9.17) is 0 Å². The van der Waals surface area contributed by atoms with Crippen molar-refractivity contribution in [1.29, 1.82) is 0 Å². The second-order valence-electron chi connectivity index (χ2n) is 5.65. The summed E-state index contributed by atoms with van der Waals surface area (Å²) >= 11 is 0. The summed E-state index contributed by atoms with van der Waals surface area (Å²) in [6.45, 7) is 3.84. The van der Waals surface area contributed by atoms with Crippen molar-refractivity contribution in [3.8, 4) is 0 Å². The maximum absolute atomic E-state index is 11.5. The molecule has 0 amide bonds. The molecule has 1 aliphatic carbocycles. The smallest absolute Gasteiger partial charge is 0.323 e. The highest BCUT2D eigenvalue weighted by Gasteiger charge is 2.38. The quantitative estimate of drug-likeness (QED) is 0.718. The minimum atomic E-state index is -0.680. The van der Waals surface area contributed by atoms with E-state index in [2.05, 4.69) is 17.1 Å². The molecule has 2 N–H and O–H groups in total. The molecule has 0 spiro atoms. The maximum atomic E-state index is 11.5. The molecule has 17 heavy (non-hydrogen) atoms. The number of carbonyl (C=O) groups is 1. The van der Waals surface area contributed by atoms with Crippen molar-refractivity contribution in [3.05, 3.63) is 0 Å². The first-order valence-corrected chi connectivity index (χ1v) is 6.59. The lowest BCUT2D eigenvalue weighted by molar-refractivity contribution is -0.145. The van der Waals surface area contributed by atoms with Crippen molar-refractivity contribution in [2.75, 3.05) is 27.2 Å². The Kier molecular flexibility index (Phi) is 5.40. The van der Waals surface area contributed by atoms with Crippen molar-refractivity contribution in [2.24, 2.45) is 5.92 Å². The largest absolute Gasteiger partial charge is 0.480 e. The lowest BCUT2D eigenvalue weighted by Crippen LogP contribution is -2.53. The van der Waals surface area contributed by atoms with Gasteiger partial charge in [-0.1, -0.05) is 19.8 Å². The summed E-state index contributed by atoms with van der Waals surface area (Å²) in [5.41, 5.74) is -0.680. The molecule has 1 saturated carbocycles. The molecule has 0 radical (unpaired) electrons. The summed E-state index contributed by atoms with van der Waals surface area (Å²) in [5, 5.41) is 12.8. The van der Waals surface area contributed by atoms with Gasteiger partial charge in [0.15, 0.2) is 0 Å². The minimum Gasteiger partial charge on any atom is -0.480 e. The van der Waals surface area contributed by atoms with Crippen molar-refractivity contribution < 1.29 is 9.90 Å². The van der Waals surface area contributed by atoms with E-state index in [1.807, 2.05) is 14.1 Å². The molecule has 4 nitrogen and oxygen atoms in total. The van der Waals surface area contributed by atoms with Gasteiger partial charge in [0.05, 0.1) is 0 Å². The molecule has 0 heterocycles. The van der Waals surface area contributed by atoms with Gasteiger partial charge in [-0.15, -0.1) is 0 Å². The topological polar surface area (TPSA) is 52.6 Å². The highest BCUT2D eigenvalue weighted by atomic mass is 16.4. The average Bonchev–Trinajstić information content (AvgIpc) is 2.41. The number of nitrogens with zero attached hydrogens (tertiary/aromatic N) is 1. The van der Waals surface area contributed by atoms with Crippen LogP contribution < -0.4 is 5.32 Å². The summed E-state index contributed by atoms with van der Waals surface area (Å²) < 4.78 is 0. The van der Waals surface area contributed by atoms with E-state index >= 15 is 0 Å². The number of carboxylic acid groups (broad SMARTS) is 1.